The fourth-order valence-corrected chi connectivity index (χ4v) is 4.19. The molecule has 2 heterocycles. The number of H-pyrrole nitrogens is 1. The zero-order valence-electron chi connectivity index (χ0n) is 15.0. The summed E-state index contributed by atoms with van der Waals surface area (Å²) in [5.74, 6) is 0.399. The Morgan fingerprint density at radius 3 is 2.54 bits per heavy atom. The van der Waals surface area contributed by atoms with E-state index in [1.807, 2.05) is 18.4 Å². The van der Waals surface area contributed by atoms with Crippen molar-refractivity contribution < 1.29 is 9.59 Å². The summed E-state index contributed by atoms with van der Waals surface area (Å²) >= 11 is 1.40. The number of anilines is 2. The van der Waals surface area contributed by atoms with Crippen LogP contribution < -0.4 is 10.6 Å². The number of hydrogen-bond donors (Lipinski definition) is 3. The van der Waals surface area contributed by atoms with Crippen LogP contribution in [0.1, 0.15) is 57.6 Å². The summed E-state index contributed by atoms with van der Waals surface area (Å²) in [6, 6.07) is 1.85. The van der Waals surface area contributed by atoms with Gasteiger partial charge in [0.05, 0.1) is 0 Å². The number of aromatic nitrogens is 3. The topological polar surface area (TPSA) is 99.8 Å². The molecule has 0 unspecified atom stereocenters. The van der Waals surface area contributed by atoms with Crippen molar-refractivity contribution in [1.82, 2.24) is 15.2 Å². The number of hydrogen-bond acceptors (Lipinski definition) is 5. The van der Waals surface area contributed by atoms with Gasteiger partial charge in [-0.25, -0.2) is 4.98 Å². The third kappa shape index (κ3) is 4.91. The summed E-state index contributed by atoms with van der Waals surface area (Å²) in [4.78, 5) is 29.1. The number of nitrogens with one attached hydrogen (secondary N) is 3. The van der Waals surface area contributed by atoms with Gasteiger partial charge in [0.15, 0.2) is 10.9 Å². The summed E-state index contributed by atoms with van der Waals surface area (Å²) in [6.07, 6.45) is 8.26. The molecule has 8 heteroatoms. The van der Waals surface area contributed by atoms with Crippen LogP contribution in [0.25, 0.3) is 0 Å². The fraction of sp³-hybridized carbons (Fsp3) is 0.556. The molecule has 3 rings (SSSR count). The highest BCUT2D eigenvalue weighted by atomic mass is 32.1. The molecule has 1 aliphatic rings. The lowest BCUT2D eigenvalue weighted by Gasteiger charge is -2.36. The third-order valence-electron chi connectivity index (χ3n) is 4.94. The van der Waals surface area contributed by atoms with E-state index in [1.54, 1.807) is 6.20 Å². The van der Waals surface area contributed by atoms with Crippen LogP contribution in [-0.2, 0) is 16.0 Å². The maximum Gasteiger partial charge on any atom is 0.226 e. The first-order valence-electron chi connectivity index (χ1n) is 9.12. The van der Waals surface area contributed by atoms with Gasteiger partial charge in [0.2, 0.25) is 11.8 Å². The van der Waals surface area contributed by atoms with Crippen LogP contribution in [0.3, 0.4) is 0 Å². The number of carbonyl (C=O) groups excluding carboxylic acids is 2. The Morgan fingerprint density at radius 1 is 1.19 bits per heavy atom. The first-order valence-corrected chi connectivity index (χ1v) is 10.00. The van der Waals surface area contributed by atoms with Gasteiger partial charge >= 0.3 is 0 Å². The van der Waals surface area contributed by atoms with E-state index < -0.39 is 0 Å². The van der Waals surface area contributed by atoms with Crippen LogP contribution in [-0.4, -0.2) is 27.0 Å². The first kappa shape index (κ1) is 18.6. The number of aryl methyl sites for hydroxylation is 1. The normalized spacial score (nSPS) is 16.2. The average molecular weight is 375 g/mol. The minimum absolute atomic E-state index is 0.0670. The van der Waals surface area contributed by atoms with Gasteiger partial charge in [0, 0.05) is 36.2 Å². The van der Waals surface area contributed by atoms with E-state index in [-0.39, 0.29) is 17.2 Å². The van der Waals surface area contributed by atoms with E-state index >= 15 is 0 Å². The summed E-state index contributed by atoms with van der Waals surface area (Å²) in [7, 11) is 0. The molecule has 1 aliphatic carbocycles. The molecule has 0 radical (unpaired) electrons. The Hall–Kier alpha value is -2.22. The standard InChI is InChI=1S/C18H25N5O2S/c1-2-13-10-14(23-22-13)20-15(24)11-18(6-4-3-5-7-18)12-16(25)21-17-19-8-9-26-17/h8-10H,2-7,11-12H2,1H3,(H,19,21,25)(H2,20,22,23,24). The summed E-state index contributed by atoms with van der Waals surface area (Å²) in [6.45, 7) is 2.02. The van der Waals surface area contributed by atoms with Gasteiger partial charge in [-0.1, -0.05) is 26.2 Å². The Morgan fingerprint density at radius 2 is 1.92 bits per heavy atom. The molecule has 0 atom stereocenters. The molecule has 2 aromatic rings. The predicted octanol–water partition coefficient (Wildman–Crippen LogP) is 3.74. The van der Waals surface area contributed by atoms with Crippen molar-refractivity contribution in [2.24, 2.45) is 5.41 Å². The highest BCUT2D eigenvalue weighted by Gasteiger charge is 2.36. The molecule has 0 aliphatic heterocycles. The largest absolute Gasteiger partial charge is 0.309 e. The molecule has 0 aromatic carbocycles. The van der Waals surface area contributed by atoms with Crippen LogP contribution in [0.15, 0.2) is 17.6 Å². The van der Waals surface area contributed by atoms with Gasteiger partial charge in [-0.3, -0.25) is 14.7 Å². The smallest absolute Gasteiger partial charge is 0.226 e. The maximum absolute atomic E-state index is 12.6. The lowest BCUT2D eigenvalue weighted by molar-refractivity contribution is -0.122. The second-order valence-electron chi connectivity index (χ2n) is 6.98. The summed E-state index contributed by atoms with van der Waals surface area (Å²) in [5, 5.41) is 15.2. The lowest BCUT2D eigenvalue weighted by atomic mass is 9.69. The van der Waals surface area contributed by atoms with Crippen molar-refractivity contribution in [3.63, 3.8) is 0 Å². The fourth-order valence-electron chi connectivity index (χ4n) is 3.64. The molecule has 2 aromatic heterocycles. The third-order valence-corrected chi connectivity index (χ3v) is 5.63. The molecular weight excluding hydrogens is 350 g/mol. The van der Waals surface area contributed by atoms with Crippen LogP contribution in [0.2, 0.25) is 0 Å². The van der Waals surface area contributed by atoms with Crippen molar-refractivity contribution in [1.29, 1.82) is 0 Å². The number of carbonyl (C=O) groups is 2. The average Bonchev–Trinajstić information content (AvgIpc) is 3.27. The molecule has 7 nitrogen and oxygen atoms in total. The van der Waals surface area contributed by atoms with Crippen LogP contribution >= 0.6 is 11.3 Å². The first-order chi connectivity index (χ1) is 12.6. The van der Waals surface area contributed by atoms with E-state index in [1.165, 1.54) is 11.3 Å². The van der Waals surface area contributed by atoms with E-state index in [0.717, 1.165) is 44.2 Å². The molecule has 2 amide bonds. The Labute approximate surface area is 157 Å². The molecule has 0 spiro atoms. The Bertz CT molecular complexity index is 735. The second kappa shape index (κ2) is 8.44. The minimum Gasteiger partial charge on any atom is -0.309 e. The SMILES string of the molecule is CCc1cc(NC(=O)CC2(CC(=O)Nc3nccs3)CCCCC2)n[nH]1. The van der Waals surface area contributed by atoms with Crippen molar-refractivity contribution >= 4 is 34.1 Å². The monoisotopic (exact) mass is 375 g/mol. The van der Waals surface area contributed by atoms with Crippen molar-refractivity contribution in [2.45, 2.75) is 58.3 Å². The molecule has 1 saturated carbocycles. The maximum atomic E-state index is 12.6. The minimum atomic E-state index is -0.284. The zero-order chi connectivity index (χ0) is 18.4. The highest BCUT2D eigenvalue weighted by molar-refractivity contribution is 7.13. The number of thiazole rings is 1. The van der Waals surface area contributed by atoms with E-state index in [4.69, 9.17) is 0 Å². The van der Waals surface area contributed by atoms with Crippen LogP contribution in [0, 0.1) is 5.41 Å². The van der Waals surface area contributed by atoms with E-state index in [9.17, 15) is 9.59 Å². The van der Waals surface area contributed by atoms with Gasteiger partial charge in [0.1, 0.15) is 0 Å². The zero-order valence-corrected chi connectivity index (χ0v) is 15.8. The lowest BCUT2D eigenvalue weighted by Crippen LogP contribution is -2.34. The second-order valence-corrected chi connectivity index (χ2v) is 7.87. The van der Waals surface area contributed by atoms with Gasteiger partial charge in [-0.05, 0) is 24.7 Å². The summed E-state index contributed by atoms with van der Waals surface area (Å²) in [5.41, 5.74) is 0.698. The predicted molar refractivity (Wildman–Crippen MR) is 102 cm³/mol. The quantitative estimate of drug-likeness (QED) is 0.686. The highest BCUT2D eigenvalue weighted by Crippen LogP contribution is 2.42. The van der Waals surface area contributed by atoms with Crippen LogP contribution in [0.4, 0.5) is 10.9 Å². The molecule has 1 fully saturated rings. The Kier molecular flexibility index (Phi) is 6.03. The summed E-state index contributed by atoms with van der Waals surface area (Å²) < 4.78 is 0. The Balaban J connectivity index is 1.62. The number of amides is 2. The van der Waals surface area contributed by atoms with Gasteiger partial charge < -0.3 is 10.6 Å². The molecule has 0 bridgehead atoms. The molecule has 26 heavy (non-hydrogen) atoms. The van der Waals surface area contributed by atoms with E-state index in [0.29, 0.717) is 23.8 Å². The van der Waals surface area contributed by atoms with E-state index in [2.05, 4.69) is 25.8 Å². The molecule has 3 N–H and O–H groups in total. The van der Waals surface area contributed by atoms with Gasteiger partial charge in [-0.15, -0.1) is 11.3 Å². The van der Waals surface area contributed by atoms with Gasteiger partial charge in [0.25, 0.3) is 0 Å². The number of aromatic amines is 1. The van der Waals surface area contributed by atoms with Crippen molar-refractivity contribution in [3.05, 3.63) is 23.3 Å². The molecular formula is C18H25N5O2S. The van der Waals surface area contributed by atoms with Crippen molar-refractivity contribution in [2.75, 3.05) is 10.6 Å². The van der Waals surface area contributed by atoms with Crippen LogP contribution in [0.5, 0.6) is 0 Å². The molecule has 0 saturated heterocycles. The van der Waals surface area contributed by atoms with Crippen molar-refractivity contribution in [3.8, 4) is 0 Å². The number of nitrogens with zero attached hydrogens (tertiary/aromatic N) is 2. The number of rotatable bonds is 7. The molecule has 140 valence electrons. The van der Waals surface area contributed by atoms with Gasteiger partial charge in [-0.2, -0.15) is 5.10 Å².